The van der Waals surface area contributed by atoms with Crippen LogP contribution in [0.3, 0.4) is 0 Å². The molecule has 0 saturated heterocycles. The molecule has 2 aromatic carbocycles. The maximum atomic E-state index is 12.6. The minimum atomic E-state index is -3.65. The van der Waals surface area contributed by atoms with Gasteiger partial charge in [-0.15, -0.1) is 11.3 Å². The van der Waals surface area contributed by atoms with Crippen molar-refractivity contribution in [2.24, 2.45) is 0 Å². The van der Waals surface area contributed by atoms with E-state index in [9.17, 15) is 13.2 Å². The van der Waals surface area contributed by atoms with Gasteiger partial charge < -0.3 is 5.32 Å². The van der Waals surface area contributed by atoms with E-state index < -0.39 is 9.84 Å². The van der Waals surface area contributed by atoms with Crippen molar-refractivity contribution in [1.29, 1.82) is 0 Å². The molecule has 0 unspecified atom stereocenters. The molecule has 0 atom stereocenters. The van der Waals surface area contributed by atoms with E-state index in [2.05, 4.69) is 5.32 Å². The number of thiophene rings is 1. The molecule has 1 amide bonds. The molecule has 0 aliphatic carbocycles. The van der Waals surface area contributed by atoms with Gasteiger partial charge in [0.2, 0.25) is 9.84 Å². The molecule has 0 spiro atoms. The van der Waals surface area contributed by atoms with Crippen LogP contribution in [0.2, 0.25) is 5.02 Å². The number of halogens is 1. The molecule has 3 aromatic rings. The maximum Gasteiger partial charge on any atom is 0.261 e. The third-order valence-electron chi connectivity index (χ3n) is 3.74. The highest BCUT2D eigenvalue weighted by Crippen LogP contribution is 2.28. The molecule has 0 radical (unpaired) electrons. The van der Waals surface area contributed by atoms with Gasteiger partial charge in [0, 0.05) is 11.6 Å². The van der Waals surface area contributed by atoms with Gasteiger partial charge in [-0.25, -0.2) is 8.42 Å². The lowest BCUT2D eigenvalue weighted by molar-refractivity contribution is 0.0958. The van der Waals surface area contributed by atoms with E-state index in [1.807, 2.05) is 30.3 Å². The molecule has 1 aromatic heterocycles. The summed E-state index contributed by atoms with van der Waals surface area (Å²) in [5.41, 5.74) is 1.13. The number of sulfone groups is 1. The van der Waals surface area contributed by atoms with Crippen LogP contribution >= 0.6 is 22.9 Å². The fourth-order valence-corrected chi connectivity index (χ4v) is 5.12. The molecule has 1 N–H and O–H groups in total. The van der Waals surface area contributed by atoms with Crippen LogP contribution in [0.15, 0.2) is 75.8 Å². The normalized spacial score (nSPS) is 11.3. The Morgan fingerprint density at radius 2 is 1.65 bits per heavy atom. The van der Waals surface area contributed by atoms with Gasteiger partial charge in [-0.1, -0.05) is 41.9 Å². The molecule has 0 bridgehead atoms. The van der Waals surface area contributed by atoms with Gasteiger partial charge in [0.25, 0.3) is 5.91 Å². The summed E-state index contributed by atoms with van der Waals surface area (Å²) in [5, 5.41) is 3.28. The summed E-state index contributed by atoms with van der Waals surface area (Å²) in [6.07, 6.45) is 0.716. The van der Waals surface area contributed by atoms with E-state index in [4.69, 9.17) is 11.6 Å². The SMILES string of the molecule is O=C(NCCc1ccccc1)c1ccc(S(=O)(=O)c2ccc(Cl)cc2)s1. The van der Waals surface area contributed by atoms with Crippen LogP contribution in [0.1, 0.15) is 15.2 Å². The Hall–Kier alpha value is -2.15. The molecular weight excluding hydrogens is 390 g/mol. The fraction of sp³-hybridized carbons (Fsp3) is 0.105. The second-order valence-corrected chi connectivity index (χ2v) is 9.26. The number of hydrogen-bond donors (Lipinski definition) is 1. The Balaban J connectivity index is 1.67. The number of rotatable bonds is 6. The standard InChI is InChI=1S/C19H16ClNO3S2/c20-15-6-8-16(9-7-15)26(23,24)18-11-10-17(25-18)19(22)21-13-12-14-4-2-1-3-5-14/h1-11H,12-13H2,(H,21,22). The predicted octanol–water partition coefficient (Wildman–Crippen LogP) is 4.21. The molecular formula is C19H16ClNO3S2. The van der Waals surface area contributed by atoms with Crippen LogP contribution < -0.4 is 5.32 Å². The van der Waals surface area contributed by atoms with Crippen molar-refractivity contribution >= 4 is 38.7 Å². The first-order chi connectivity index (χ1) is 12.5. The number of carbonyl (C=O) groups is 1. The number of hydrogen-bond acceptors (Lipinski definition) is 4. The maximum absolute atomic E-state index is 12.6. The highest BCUT2D eigenvalue weighted by Gasteiger charge is 2.21. The summed E-state index contributed by atoms with van der Waals surface area (Å²) in [6.45, 7) is 0.486. The lowest BCUT2D eigenvalue weighted by Gasteiger charge is -2.04. The first-order valence-corrected chi connectivity index (χ1v) is 10.6. The third kappa shape index (κ3) is 4.33. The third-order valence-corrected chi connectivity index (χ3v) is 7.33. The van der Waals surface area contributed by atoms with Gasteiger partial charge >= 0.3 is 0 Å². The smallest absolute Gasteiger partial charge is 0.261 e. The summed E-state index contributed by atoms with van der Waals surface area (Å²) in [5.74, 6) is -0.275. The van der Waals surface area contributed by atoms with E-state index in [0.717, 1.165) is 16.9 Å². The average Bonchev–Trinajstić information content (AvgIpc) is 3.14. The first kappa shape index (κ1) is 18.6. The molecule has 0 saturated carbocycles. The average molecular weight is 406 g/mol. The zero-order chi connectivity index (χ0) is 18.6. The van der Waals surface area contributed by atoms with Crippen molar-refractivity contribution in [2.45, 2.75) is 15.5 Å². The lowest BCUT2D eigenvalue weighted by atomic mass is 10.1. The van der Waals surface area contributed by atoms with Crippen LogP contribution in [0.5, 0.6) is 0 Å². The molecule has 134 valence electrons. The van der Waals surface area contributed by atoms with Crippen molar-refractivity contribution in [1.82, 2.24) is 5.32 Å². The molecule has 4 nitrogen and oxygen atoms in total. The summed E-state index contributed by atoms with van der Waals surface area (Å²) in [7, 11) is -3.65. The summed E-state index contributed by atoms with van der Waals surface area (Å²) < 4.78 is 25.4. The molecule has 26 heavy (non-hydrogen) atoms. The summed E-state index contributed by atoms with van der Waals surface area (Å²) in [6, 6.07) is 18.8. The van der Waals surface area contributed by atoms with E-state index in [0.29, 0.717) is 22.9 Å². The Bertz CT molecular complexity index is 997. The van der Waals surface area contributed by atoms with Gasteiger partial charge in [-0.3, -0.25) is 4.79 Å². The van der Waals surface area contributed by atoms with Crippen LogP contribution in [-0.4, -0.2) is 20.9 Å². The van der Waals surface area contributed by atoms with Crippen molar-refractivity contribution in [3.8, 4) is 0 Å². The van der Waals surface area contributed by atoms with E-state index in [1.165, 1.54) is 36.4 Å². The largest absolute Gasteiger partial charge is 0.351 e. The fourth-order valence-electron chi connectivity index (χ4n) is 2.37. The van der Waals surface area contributed by atoms with Gasteiger partial charge in [0.1, 0.15) is 4.21 Å². The number of amides is 1. The lowest BCUT2D eigenvalue weighted by Crippen LogP contribution is -2.24. The Morgan fingerprint density at radius 1 is 0.962 bits per heavy atom. The van der Waals surface area contributed by atoms with E-state index in [-0.39, 0.29) is 15.0 Å². The minimum Gasteiger partial charge on any atom is -0.351 e. The highest BCUT2D eigenvalue weighted by molar-refractivity contribution is 7.93. The van der Waals surface area contributed by atoms with Crippen molar-refractivity contribution in [2.75, 3.05) is 6.54 Å². The van der Waals surface area contributed by atoms with E-state index in [1.54, 1.807) is 0 Å². The highest BCUT2D eigenvalue weighted by atomic mass is 35.5. The van der Waals surface area contributed by atoms with Gasteiger partial charge in [-0.2, -0.15) is 0 Å². The zero-order valence-corrected chi connectivity index (χ0v) is 16.1. The Labute approximate surface area is 161 Å². The monoisotopic (exact) mass is 405 g/mol. The first-order valence-electron chi connectivity index (χ1n) is 7.89. The molecule has 7 heteroatoms. The number of nitrogens with one attached hydrogen (secondary N) is 1. The van der Waals surface area contributed by atoms with Crippen LogP contribution in [0.25, 0.3) is 0 Å². The van der Waals surface area contributed by atoms with Crippen molar-refractivity contribution in [3.05, 3.63) is 82.2 Å². The Kier molecular flexibility index (Phi) is 5.76. The van der Waals surface area contributed by atoms with Crippen molar-refractivity contribution in [3.63, 3.8) is 0 Å². The number of carbonyl (C=O) groups excluding carboxylic acids is 1. The van der Waals surface area contributed by atoms with Crippen LogP contribution in [0, 0.1) is 0 Å². The van der Waals surface area contributed by atoms with Gasteiger partial charge in [0.15, 0.2) is 0 Å². The summed E-state index contributed by atoms with van der Waals surface area (Å²) in [4.78, 5) is 12.8. The van der Waals surface area contributed by atoms with Crippen LogP contribution in [0.4, 0.5) is 0 Å². The van der Waals surface area contributed by atoms with Gasteiger partial charge in [0.05, 0.1) is 9.77 Å². The molecule has 3 rings (SSSR count). The van der Waals surface area contributed by atoms with Crippen molar-refractivity contribution < 1.29 is 13.2 Å². The molecule has 0 fully saturated rings. The van der Waals surface area contributed by atoms with Gasteiger partial charge in [-0.05, 0) is 48.4 Å². The zero-order valence-electron chi connectivity index (χ0n) is 13.7. The molecule has 0 aliphatic rings. The summed E-state index contributed by atoms with van der Waals surface area (Å²) >= 11 is 6.76. The number of benzene rings is 2. The molecule has 1 heterocycles. The van der Waals surface area contributed by atoms with Crippen LogP contribution in [-0.2, 0) is 16.3 Å². The quantitative estimate of drug-likeness (QED) is 0.668. The second kappa shape index (κ2) is 8.03. The second-order valence-electron chi connectivity index (χ2n) is 5.57. The van der Waals surface area contributed by atoms with E-state index >= 15 is 0 Å². The Morgan fingerprint density at radius 3 is 2.35 bits per heavy atom. The molecule has 0 aliphatic heterocycles. The topological polar surface area (TPSA) is 63.2 Å². The minimum absolute atomic E-state index is 0.132. The predicted molar refractivity (Wildman–Crippen MR) is 104 cm³/mol.